The van der Waals surface area contributed by atoms with Crippen molar-refractivity contribution in [1.82, 2.24) is 0 Å². The average molecular weight is 114 g/mol. The van der Waals surface area contributed by atoms with Crippen LogP contribution in [0.3, 0.4) is 0 Å². The minimum atomic E-state index is -0.622. The summed E-state index contributed by atoms with van der Waals surface area (Å²) in [5.74, 6) is -0.230. The second kappa shape index (κ2) is 1.77. The molecule has 0 radical (unpaired) electrons. The predicted octanol–water partition coefficient (Wildman–Crippen LogP) is 1.12. The highest BCUT2D eigenvalue weighted by molar-refractivity contribution is 5.71. The van der Waals surface area contributed by atoms with Gasteiger partial charge in [-0.05, 0) is 18.8 Å². The summed E-state index contributed by atoms with van der Waals surface area (Å²) in [6.07, 6.45) is 1.98. The maximum Gasteiger partial charge on any atom is 0.306 e. The van der Waals surface area contributed by atoms with E-state index < -0.39 is 5.97 Å². The van der Waals surface area contributed by atoms with E-state index in [0.717, 1.165) is 12.8 Å². The highest BCUT2D eigenvalue weighted by Crippen LogP contribution is 2.33. The highest BCUT2D eigenvalue weighted by Gasteiger charge is 2.32. The molecule has 1 fully saturated rings. The van der Waals surface area contributed by atoms with Crippen molar-refractivity contribution < 1.29 is 9.90 Å². The van der Waals surface area contributed by atoms with Crippen molar-refractivity contribution in [3.8, 4) is 0 Å². The van der Waals surface area contributed by atoms with Crippen LogP contribution in [0, 0.1) is 11.8 Å². The lowest BCUT2D eigenvalue weighted by Gasteiger charge is -2.29. The van der Waals surface area contributed by atoms with E-state index in [1.54, 1.807) is 0 Å². The number of hydrogen-bond acceptors (Lipinski definition) is 1. The number of hydrogen-bond donors (Lipinski definition) is 1. The summed E-state index contributed by atoms with van der Waals surface area (Å²) in [6, 6.07) is 0. The number of carboxylic acids is 1. The first-order chi connectivity index (χ1) is 3.72. The molecule has 0 bridgehead atoms. The molecule has 2 heteroatoms. The molecule has 0 spiro atoms. The Balaban J connectivity index is 2.37. The Hall–Kier alpha value is -0.530. The van der Waals surface area contributed by atoms with Gasteiger partial charge in [0.2, 0.25) is 0 Å². The zero-order chi connectivity index (χ0) is 6.15. The summed E-state index contributed by atoms with van der Waals surface area (Å²) in [5.41, 5.74) is 0. The van der Waals surface area contributed by atoms with Crippen molar-refractivity contribution >= 4 is 5.97 Å². The molecule has 0 amide bonds. The first-order valence-electron chi connectivity index (χ1n) is 2.94. The largest absolute Gasteiger partial charge is 0.481 e. The lowest BCUT2D eigenvalue weighted by Crippen LogP contribution is -2.30. The molecular weight excluding hydrogens is 104 g/mol. The normalized spacial score (nSPS) is 36.1. The Morgan fingerprint density at radius 2 is 2.25 bits per heavy atom. The zero-order valence-electron chi connectivity index (χ0n) is 4.92. The van der Waals surface area contributed by atoms with Crippen LogP contribution >= 0.6 is 0 Å². The van der Waals surface area contributed by atoms with Gasteiger partial charge in [0.05, 0.1) is 5.92 Å². The second-order valence-corrected chi connectivity index (χ2v) is 2.50. The van der Waals surface area contributed by atoms with Gasteiger partial charge < -0.3 is 5.11 Å². The molecule has 1 N–H and O–H groups in total. The van der Waals surface area contributed by atoms with E-state index in [0.29, 0.717) is 5.92 Å². The molecule has 0 aromatic carbocycles. The van der Waals surface area contributed by atoms with Crippen molar-refractivity contribution in [3.05, 3.63) is 0 Å². The first-order valence-corrected chi connectivity index (χ1v) is 2.94. The Kier molecular flexibility index (Phi) is 1.24. The Labute approximate surface area is 48.5 Å². The third-order valence-electron chi connectivity index (χ3n) is 1.94. The Morgan fingerprint density at radius 1 is 1.62 bits per heavy atom. The minimum absolute atomic E-state index is 0.0324. The van der Waals surface area contributed by atoms with E-state index in [9.17, 15) is 4.79 Å². The van der Waals surface area contributed by atoms with Crippen LogP contribution < -0.4 is 0 Å². The fraction of sp³-hybridized carbons (Fsp3) is 0.833. The van der Waals surface area contributed by atoms with E-state index in [2.05, 4.69) is 0 Å². The van der Waals surface area contributed by atoms with Crippen molar-refractivity contribution in [1.29, 1.82) is 0 Å². The van der Waals surface area contributed by atoms with Gasteiger partial charge in [-0.1, -0.05) is 6.92 Å². The summed E-state index contributed by atoms with van der Waals surface area (Å²) in [5, 5.41) is 8.40. The Morgan fingerprint density at radius 3 is 2.25 bits per heavy atom. The SMILES string of the molecule is C[C@H]1CC[C@H]1C(=O)O. The van der Waals surface area contributed by atoms with Crippen LogP contribution in [0.2, 0.25) is 0 Å². The highest BCUT2D eigenvalue weighted by atomic mass is 16.4. The number of rotatable bonds is 1. The molecule has 8 heavy (non-hydrogen) atoms. The van der Waals surface area contributed by atoms with Crippen molar-refractivity contribution in [2.75, 3.05) is 0 Å². The van der Waals surface area contributed by atoms with Crippen LogP contribution in [0.1, 0.15) is 19.8 Å². The van der Waals surface area contributed by atoms with Crippen molar-refractivity contribution in [3.63, 3.8) is 0 Å². The van der Waals surface area contributed by atoms with Crippen molar-refractivity contribution in [2.24, 2.45) is 11.8 Å². The standard InChI is InChI=1S/C6H10O2/c1-4-2-3-5(4)6(7)8/h4-5H,2-3H2,1H3,(H,7,8)/t4-,5+/m0/s1. The molecule has 0 aromatic rings. The average Bonchev–Trinajstić information content (AvgIpc) is 1.61. The smallest absolute Gasteiger partial charge is 0.306 e. The predicted molar refractivity (Wildman–Crippen MR) is 29.5 cm³/mol. The molecular formula is C6H10O2. The van der Waals surface area contributed by atoms with Crippen LogP contribution in [-0.2, 0) is 4.79 Å². The lowest BCUT2D eigenvalue weighted by molar-refractivity contribution is -0.147. The monoisotopic (exact) mass is 114 g/mol. The van der Waals surface area contributed by atoms with E-state index in [1.807, 2.05) is 6.92 Å². The van der Waals surface area contributed by atoms with Gasteiger partial charge in [-0.25, -0.2) is 0 Å². The summed E-state index contributed by atoms with van der Waals surface area (Å²) in [6.45, 7) is 1.99. The van der Waals surface area contributed by atoms with Gasteiger partial charge in [0.15, 0.2) is 0 Å². The molecule has 1 aliphatic carbocycles. The van der Waals surface area contributed by atoms with Gasteiger partial charge in [-0.2, -0.15) is 0 Å². The van der Waals surface area contributed by atoms with Crippen molar-refractivity contribution in [2.45, 2.75) is 19.8 Å². The fourth-order valence-corrected chi connectivity index (χ4v) is 1.03. The summed E-state index contributed by atoms with van der Waals surface area (Å²) >= 11 is 0. The first kappa shape index (κ1) is 5.60. The summed E-state index contributed by atoms with van der Waals surface area (Å²) < 4.78 is 0. The van der Waals surface area contributed by atoms with Gasteiger partial charge in [-0.3, -0.25) is 4.79 Å². The van der Waals surface area contributed by atoms with E-state index in [1.165, 1.54) is 0 Å². The van der Waals surface area contributed by atoms with Gasteiger partial charge in [-0.15, -0.1) is 0 Å². The molecule has 2 atom stereocenters. The molecule has 1 rings (SSSR count). The molecule has 1 aliphatic rings. The van der Waals surface area contributed by atoms with Gasteiger partial charge >= 0.3 is 5.97 Å². The summed E-state index contributed by atoms with van der Waals surface area (Å²) in [4.78, 5) is 10.2. The topological polar surface area (TPSA) is 37.3 Å². The molecule has 0 unspecified atom stereocenters. The third kappa shape index (κ3) is 0.703. The molecule has 2 nitrogen and oxygen atoms in total. The van der Waals surface area contributed by atoms with Crippen LogP contribution in [0.25, 0.3) is 0 Å². The van der Waals surface area contributed by atoms with Crippen LogP contribution in [0.4, 0.5) is 0 Å². The quantitative estimate of drug-likeness (QED) is 0.554. The number of carboxylic acid groups (broad SMARTS) is 1. The lowest BCUT2D eigenvalue weighted by atomic mass is 9.75. The number of aliphatic carboxylic acids is 1. The molecule has 0 saturated heterocycles. The third-order valence-corrected chi connectivity index (χ3v) is 1.94. The van der Waals surface area contributed by atoms with Gasteiger partial charge in [0.25, 0.3) is 0 Å². The molecule has 0 heterocycles. The molecule has 0 aliphatic heterocycles. The molecule has 1 saturated carbocycles. The second-order valence-electron chi connectivity index (χ2n) is 2.50. The number of carbonyl (C=O) groups is 1. The van der Waals surface area contributed by atoms with Gasteiger partial charge in [0, 0.05) is 0 Å². The zero-order valence-corrected chi connectivity index (χ0v) is 4.92. The summed E-state index contributed by atoms with van der Waals surface area (Å²) in [7, 11) is 0. The Bertz CT molecular complexity index is 109. The van der Waals surface area contributed by atoms with E-state index >= 15 is 0 Å². The van der Waals surface area contributed by atoms with Crippen LogP contribution in [-0.4, -0.2) is 11.1 Å². The van der Waals surface area contributed by atoms with Gasteiger partial charge in [0.1, 0.15) is 0 Å². The maximum absolute atomic E-state index is 10.2. The molecule has 0 aromatic heterocycles. The minimum Gasteiger partial charge on any atom is -0.481 e. The van der Waals surface area contributed by atoms with Crippen LogP contribution in [0.15, 0.2) is 0 Å². The van der Waals surface area contributed by atoms with E-state index in [4.69, 9.17) is 5.11 Å². The van der Waals surface area contributed by atoms with Crippen LogP contribution in [0.5, 0.6) is 0 Å². The maximum atomic E-state index is 10.2. The molecule has 46 valence electrons. The fourth-order valence-electron chi connectivity index (χ4n) is 1.03. The van der Waals surface area contributed by atoms with E-state index in [-0.39, 0.29) is 5.92 Å².